The van der Waals surface area contributed by atoms with Gasteiger partial charge in [0.2, 0.25) is 0 Å². The van der Waals surface area contributed by atoms with Gasteiger partial charge in [-0.25, -0.2) is 0 Å². The van der Waals surface area contributed by atoms with Gasteiger partial charge in [0.15, 0.2) is 0 Å². The molecule has 1 N–H and O–H groups in total. The van der Waals surface area contributed by atoms with Gasteiger partial charge < -0.3 is 5.11 Å². The zero-order chi connectivity index (χ0) is 14.8. The molecule has 2 heterocycles. The van der Waals surface area contributed by atoms with E-state index in [0.29, 0.717) is 6.42 Å². The standard InChI is InChI=1S/C17H16BrNOS/c1-2-11-5-6-12(21-11)10-16(20)14-7-8-15(18)13-4-3-9-19-17(13)14/h3-9,16,20H,2,10H2,1H3. The minimum atomic E-state index is -0.529. The molecule has 4 heteroatoms. The first-order valence-electron chi connectivity index (χ1n) is 6.98. The number of fused-ring (bicyclic) bond motifs is 1. The number of nitrogens with zero attached hydrogens (tertiary/aromatic N) is 1. The lowest BCUT2D eigenvalue weighted by molar-refractivity contribution is 0.181. The van der Waals surface area contributed by atoms with Crippen molar-refractivity contribution in [1.82, 2.24) is 4.98 Å². The second-order valence-corrected chi connectivity index (χ2v) is 7.08. The van der Waals surface area contributed by atoms with Gasteiger partial charge in [-0.3, -0.25) is 4.98 Å². The predicted octanol–water partition coefficient (Wildman–Crippen LogP) is 4.90. The van der Waals surface area contributed by atoms with E-state index in [1.54, 1.807) is 17.5 Å². The minimum absolute atomic E-state index is 0.529. The molecule has 0 aliphatic heterocycles. The van der Waals surface area contributed by atoms with Gasteiger partial charge in [-0.1, -0.05) is 35.0 Å². The Kier molecular flexibility index (Phi) is 4.38. The molecule has 0 radical (unpaired) electrons. The molecule has 3 aromatic rings. The smallest absolute Gasteiger partial charge is 0.0859 e. The molecule has 0 fully saturated rings. The lowest BCUT2D eigenvalue weighted by atomic mass is 10.0. The second-order valence-electron chi connectivity index (χ2n) is 4.98. The van der Waals surface area contributed by atoms with Gasteiger partial charge in [-0.05, 0) is 30.7 Å². The molecular formula is C17H16BrNOS. The van der Waals surface area contributed by atoms with Crippen LogP contribution in [-0.2, 0) is 12.8 Å². The molecule has 0 saturated heterocycles. The molecule has 1 atom stereocenters. The molecule has 2 nitrogen and oxygen atoms in total. The summed E-state index contributed by atoms with van der Waals surface area (Å²) in [5.74, 6) is 0. The molecule has 0 bridgehead atoms. The van der Waals surface area contributed by atoms with Crippen LogP contribution in [-0.4, -0.2) is 10.1 Å². The number of aromatic nitrogens is 1. The summed E-state index contributed by atoms with van der Waals surface area (Å²) in [5, 5.41) is 11.6. The van der Waals surface area contributed by atoms with Crippen molar-refractivity contribution in [1.29, 1.82) is 0 Å². The fourth-order valence-corrected chi connectivity index (χ4v) is 3.90. The Hall–Kier alpha value is -1.23. The van der Waals surface area contributed by atoms with Crippen LogP contribution in [0.25, 0.3) is 10.9 Å². The molecule has 1 aromatic carbocycles. The van der Waals surface area contributed by atoms with Crippen LogP contribution in [0, 0.1) is 0 Å². The number of halogens is 1. The third-order valence-electron chi connectivity index (χ3n) is 3.57. The first-order chi connectivity index (χ1) is 10.2. The predicted molar refractivity (Wildman–Crippen MR) is 91.8 cm³/mol. The molecule has 0 aliphatic carbocycles. The van der Waals surface area contributed by atoms with Gasteiger partial charge in [-0.15, -0.1) is 11.3 Å². The Balaban J connectivity index is 1.94. The Bertz CT molecular complexity index is 768. The van der Waals surface area contributed by atoms with Crippen molar-refractivity contribution in [3.63, 3.8) is 0 Å². The van der Waals surface area contributed by atoms with E-state index in [2.05, 4.69) is 40.0 Å². The van der Waals surface area contributed by atoms with E-state index in [9.17, 15) is 5.11 Å². The Labute approximate surface area is 136 Å². The van der Waals surface area contributed by atoms with E-state index in [4.69, 9.17) is 0 Å². The van der Waals surface area contributed by atoms with E-state index in [0.717, 1.165) is 27.4 Å². The number of aryl methyl sites for hydroxylation is 1. The number of aliphatic hydroxyl groups is 1. The van der Waals surface area contributed by atoms with Crippen LogP contribution in [0.1, 0.15) is 28.3 Å². The van der Waals surface area contributed by atoms with Crippen LogP contribution in [0.3, 0.4) is 0 Å². The highest BCUT2D eigenvalue weighted by Crippen LogP contribution is 2.31. The monoisotopic (exact) mass is 361 g/mol. The van der Waals surface area contributed by atoms with Crippen molar-refractivity contribution in [3.05, 3.63) is 62.4 Å². The molecule has 0 amide bonds. The summed E-state index contributed by atoms with van der Waals surface area (Å²) in [6.07, 6.45) is 2.92. The number of hydrogen-bond donors (Lipinski definition) is 1. The maximum atomic E-state index is 10.6. The van der Waals surface area contributed by atoms with E-state index < -0.39 is 6.10 Å². The molecule has 1 unspecified atom stereocenters. The SMILES string of the molecule is CCc1ccc(CC(O)c2ccc(Br)c3cccnc23)s1. The molecule has 108 valence electrons. The fourth-order valence-electron chi connectivity index (χ4n) is 2.45. The Morgan fingerprint density at radius 1 is 1.19 bits per heavy atom. The number of pyridine rings is 1. The van der Waals surface area contributed by atoms with Gasteiger partial charge >= 0.3 is 0 Å². The average Bonchev–Trinajstić information content (AvgIpc) is 2.95. The van der Waals surface area contributed by atoms with Gasteiger partial charge in [0, 0.05) is 37.8 Å². The molecule has 0 saturated carbocycles. The number of rotatable bonds is 4. The van der Waals surface area contributed by atoms with Crippen molar-refractivity contribution in [2.75, 3.05) is 0 Å². The van der Waals surface area contributed by atoms with Crippen molar-refractivity contribution in [3.8, 4) is 0 Å². The number of aliphatic hydroxyl groups excluding tert-OH is 1. The summed E-state index contributed by atoms with van der Waals surface area (Å²) in [6.45, 7) is 2.15. The lowest BCUT2D eigenvalue weighted by Crippen LogP contribution is -2.02. The van der Waals surface area contributed by atoms with Crippen LogP contribution in [0.15, 0.2) is 47.1 Å². The third-order valence-corrected chi connectivity index (χ3v) is 5.51. The van der Waals surface area contributed by atoms with Crippen LogP contribution in [0.5, 0.6) is 0 Å². The summed E-state index contributed by atoms with van der Waals surface area (Å²) in [5.41, 5.74) is 1.76. The van der Waals surface area contributed by atoms with Crippen LogP contribution < -0.4 is 0 Å². The first kappa shape index (κ1) is 14.7. The van der Waals surface area contributed by atoms with Crippen LogP contribution in [0.4, 0.5) is 0 Å². The normalized spacial score (nSPS) is 12.7. The van der Waals surface area contributed by atoms with Crippen molar-refractivity contribution >= 4 is 38.2 Å². The molecule has 21 heavy (non-hydrogen) atoms. The second kappa shape index (κ2) is 6.26. The molecule has 0 spiro atoms. The van der Waals surface area contributed by atoms with Gasteiger partial charge in [0.05, 0.1) is 11.6 Å². The Morgan fingerprint density at radius 2 is 2.00 bits per heavy atom. The van der Waals surface area contributed by atoms with E-state index in [-0.39, 0.29) is 0 Å². The van der Waals surface area contributed by atoms with Crippen LogP contribution in [0.2, 0.25) is 0 Å². The van der Waals surface area contributed by atoms with Gasteiger partial charge in [0.1, 0.15) is 0 Å². The van der Waals surface area contributed by atoms with Crippen molar-refractivity contribution in [2.45, 2.75) is 25.9 Å². The van der Waals surface area contributed by atoms with Crippen molar-refractivity contribution in [2.24, 2.45) is 0 Å². The highest BCUT2D eigenvalue weighted by Gasteiger charge is 2.15. The van der Waals surface area contributed by atoms with Crippen molar-refractivity contribution < 1.29 is 5.11 Å². The maximum absolute atomic E-state index is 10.6. The molecular weight excluding hydrogens is 346 g/mol. The van der Waals surface area contributed by atoms with Crippen LogP contribution >= 0.6 is 27.3 Å². The van der Waals surface area contributed by atoms with Gasteiger partial charge in [-0.2, -0.15) is 0 Å². The summed E-state index contributed by atoms with van der Waals surface area (Å²) in [6, 6.07) is 12.1. The number of thiophene rings is 1. The minimum Gasteiger partial charge on any atom is -0.388 e. The van der Waals surface area contributed by atoms with Gasteiger partial charge in [0.25, 0.3) is 0 Å². The fraction of sp³-hybridized carbons (Fsp3) is 0.235. The molecule has 0 aliphatic rings. The summed E-state index contributed by atoms with van der Waals surface area (Å²) in [7, 11) is 0. The first-order valence-corrected chi connectivity index (χ1v) is 8.58. The molecule has 2 aromatic heterocycles. The highest BCUT2D eigenvalue weighted by atomic mass is 79.9. The summed E-state index contributed by atoms with van der Waals surface area (Å²) in [4.78, 5) is 7.01. The van der Waals surface area contributed by atoms with E-state index in [1.165, 1.54) is 9.75 Å². The average molecular weight is 362 g/mol. The third kappa shape index (κ3) is 3.03. The van der Waals surface area contributed by atoms with E-state index >= 15 is 0 Å². The zero-order valence-corrected chi connectivity index (χ0v) is 14.1. The summed E-state index contributed by atoms with van der Waals surface area (Å²) >= 11 is 5.31. The highest BCUT2D eigenvalue weighted by molar-refractivity contribution is 9.10. The largest absolute Gasteiger partial charge is 0.388 e. The quantitative estimate of drug-likeness (QED) is 0.716. The molecule has 3 rings (SSSR count). The Morgan fingerprint density at radius 3 is 2.76 bits per heavy atom. The number of hydrogen-bond acceptors (Lipinski definition) is 3. The number of benzene rings is 1. The van der Waals surface area contributed by atoms with E-state index in [1.807, 2.05) is 24.3 Å². The zero-order valence-electron chi connectivity index (χ0n) is 11.7. The topological polar surface area (TPSA) is 33.1 Å². The lowest BCUT2D eigenvalue weighted by Gasteiger charge is -2.13. The summed E-state index contributed by atoms with van der Waals surface area (Å²) < 4.78 is 1.01. The maximum Gasteiger partial charge on any atom is 0.0859 e.